The van der Waals surface area contributed by atoms with E-state index in [1.165, 1.54) is 0 Å². The molecule has 1 saturated heterocycles. The number of rotatable bonds is 5. The summed E-state index contributed by atoms with van der Waals surface area (Å²) < 4.78 is 5.39. The topological polar surface area (TPSA) is 74.1 Å². The van der Waals surface area contributed by atoms with E-state index in [0.717, 1.165) is 37.0 Å². The van der Waals surface area contributed by atoms with Crippen LogP contribution in [0.5, 0.6) is 0 Å². The van der Waals surface area contributed by atoms with Crippen molar-refractivity contribution in [2.75, 3.05) is 36.5 Å². The Morgan fingerprint density at radius 1 is 1.52 bits per heavy atom. The lowest BCUT2D eigenvalue weighted by atomic mass is 10.2. The number of aromatic nitrogens is 2. The number of hydrogen-bond donors (Lipinski definition) is 1. The second-order valence-corrected chi connectivity index (χ2v) is 5.49. The highest BCUT2D eigenvalue weighted by molar-refractivity contribution is 5.50. The molecule has 1 N–H and O–H groups in total. The van der Waals surface area contributed by atoms with Crippen LogP contribution in [0, 0.1) is 11.3 Å². The number of morpholine rings is 1. The number of nitrogens with one attached hydrogen (secondary N) is 1. The molecule has 1 aromatic rings. The molecule has 1 fully saturated rings. The van der Waals surface area contributed by atoms with Crippen LogP contribution < -0.4 is 10.2 Å². The van der Waals surface area contributed by atoms with E-state index >= 15 is 0 Å². The molecule has 1 unspecified atom stereocenters. The molecule has 1 aliphatic heterocycles. The fraction of sp³-hybridized carbons (Fsp3) is 0.667. The van der Waals surface area contributed by atoms with E-state index in [4.69, 9.17) is 10.00 Å². The molecule has 6 nitrogen and oxygen atoms in total. The molecule has 21 heavy (non-hydrogen) atoms. The predicted molar refractivity (Wildman–Crippen MR) is 82.5 cm³/mol. The molecule has 0 saturated carbocycles. The fourth-order valence-corrected chi connectivity index (χ4v) is 2.15. The second-order valence-electron chi connectivity index (χ2n) is 5.49. The maximum atomic E-state index is 9.02. The molecule has 1 atom stereocenters. The summed E-state index contributed by atoms with van der Waals surface area (Å²) in [7, 11) is 0. The fourth-order valence-electron chi connectivity index (χ4n) is 2.15. The molecule has 1 aliphatic rings. The van der Waals surface area contributed by atoms with E-state index in [0.29, 0.717) is 13.2 Å². The Labute approximate surface area is 126 Å². The van der Waals surface area contributed by atoms with Crippen molar-refractivity contribution in [2.45, 2.75) is 39.2 Å². The zero-order valence-corrected chi connectivity index (χ0v) is 13.0. The van der Waals surface area contributed by atoms with Gasteiger partial charge in [0.25, 0.3) is 0 Å². The van der Waals surface area contributed by atoms with Crippen LogP contribution in [0.3, 0.4) is 0 Å². The third-order valence-corrected chi connectivity index (χ3v) is 3.34. The van der Waals surface area contributed by atoms with Crippen LogP contribution in [0.1, 0.15) is 38.9 Å². The van der Waals surface area contributed by atoms with Crippen LogP contribution >= 0.6 is 0 Å². The summed E-state index contributed by atoms with van der Waals surface area (Å²) in [6, 6.07) is 4.13. The van der Waals surface area contributed by atoms with Crippen LogP contribution in [-0.4, -0.2) is 42.3 Å². The molecule has 0 aromatic carbocycles. The standard InChI is InChI=1S/C15H23N5O/c1-4-5-17-13-8-14(19-15(18-13)11(2)3)20-6-7-21-12(9-16)10-20/h8,11-12H,4-7,10H2,1-3H3,(H,17,18,19). The van der Waals surface area contributed by atoms with Gasteiger partial charge in [-0.3, -0.25) is 0 Å². The third kappa shape index (κ3) is 4.05. The van der Waals surface area contributed by atoms with Crippen molar-refractivity contribution in [1.82, 2.24) is 9.97 Å². The average Bonchev–Trinajstić information content (AvgIpc) is 2.52. The number of nitriles is 1. The van der Waals surface area contributed by atoms with Crippen molar-refractivity contribution in [2.24, 2.45) is 0 Å². The molecular formula is C15H23N5O. The molecule has 0 amide bonds. The van der Waals surface area contributed by atoms with Crippen LogP contribution in [0.2, 0.25) is 0 Å². The lowest BCUT2D eigenvalue weighted by Crippen LogP contribution is -2.42. The Hall–Kier alpha value is -1.87. The first-order valence-corrected chi connectivity index (χ1v) is 7.53. The van der Waals surface area contributed by atoms with Gasteiger partial charge in [0.1, 0.15) is 17.5 Å². The summed E-state index contributed by atoms with van der Waals surface area (Å²) in [6.45, 7) is 9.03. The first kappa shape index (κ1) is 15.5. The van der Waals surface area contributed by atoms with Gasteiger partial charge in [0.2, 0.25) is 0 Å². The van der Waals surface area contributed by atoms with Crippen molar-refractivity contribution in [3.63, 3.8) is 0 Å². The molecule has 1 aromatic heterocycles. The summed E-state index contributed by atoms with van der Waals surface area (Å²) >= 11 is 0. The number of hydrogen-bond acceptors (Lipinski definition) is 6. The molecule has 6 heteroatoms. The highest BCUT2D eigenvalue weighted by Crippen LogP contribution is 2.21. The van der Waals surface area contributed by atoms with Gasteiger partial charge in [-0.1, -0.05) is 20.8 Å². The monoisotopic (exact) mass is 289 g/mol. The predicted octanol–water partition coefficient (Wildman–Crippen LogP) is 2.15. The molecule has 0 spiro atoms. The minimum absolute atomic E-state index is 0.264. The smallest absolute Gasteiger partial charge is 0.161 e. The molecule has 2 rings (SSSR count). The van der Waals surface area contributed by atoms with Crippen molar-refractivity contribution >= 4 is 11.6 Å². The Balaban J connectivity index is 2.24. The Morgan fingerprint density at radius 2 is 2.33 bits per heavy atom. The number of nitrogens with zero attached hydrogens (tertiary/aromatic N) is 4. The third-order valence-electron chi connectivity index (χ3n) is 3.34. The first-order chi connectivity index (χ1) is 10.1. The van der Waals surface area contributed by atoms with Gasteiger partial charge in [-0.25, -0.2) is 9.97 Å². The van der Waals surface area contributed by atoms with Gasteiger partial charge >= 0.3 is 0 Å². The lowest BCUT2D eigenvalue weighted by Gasteiger charge is -2.31. The summed E-state index contributed by atoms with van der Waals surface area (Å²) in [5.74, 6) is 2.81. The maximum absolute atomic E-state index is 9.02. The number of anilines is 2. The number of ether oxygens (including phenoxy) is 1. The van der Waals surface area contributed by atoms with Gasteiger partial charge < -0.3 is 15.0 Å². The van der Waals surface area contributed by atoms with E-state index in [1.54, 1.807) is 0 Å². The Bertz CT molecular complexity index is 511. The Kier molecular flexibility index (Phi) is 5.34. The van der Waals surface area contributed by atoms with Crippen molar-refractivity contribution in [1.29, 1.82) is 5.26 Å². The van der Waals surface area contributed by atoms with Crippen LogP contribution in [0.15, 0.2) is 6.07 Å². The largest absolute Gasteiger partial charge is 0.370 e. The van der Waals surface area contributed by atoms with Crippen molar-refractivity contribution in [3.05, 3.63) is 11.9 Å². The van der Waals surface area contributed by atoms with E-state index in [2.05, 4.69) is 47.0 Å². The van der Waals surface area contributed by atoms with E-state index in [-0.39, 0.29) is 12.0 Å². The van der Waals surface area contributed by atoms with Crippen LogP contribution in [-0.2, 0) is 4.74 Å². The molecular weight excluding hydrogens is 266 g/mol. The normalized spacial score (nSPS) is 18.6. The highest BCUT2D eigenvalue weighted by atomic mass is 16.5. The SMILES string of the molecule is CCCNc1cc(N2CCOC(C#N)C2)nc(C(C)C)n1. The minimum atomic E-state index is -0.386. The van der Waals surface area contributed by atoms with Crippen LogP contribution in [0.25, 0.3) is 0 Å². The zero-order chi connectivity index (χ0) is 15.2. The van der Waals surface area contributed by atoms with E-state index < -0.39 is 0 Å². The van der Waals surface area contributed by atoms with Gasteiger partial charge in [0.05, 0.1) is 19.2 Å². The second kappa shape index (κ2) is 7.23. The zero-order valence-electron chi connectivity index (χ0n) is 13.0. The lowest BCUT2D eigenvalue weighted by molar-refractivity contribution is 0.0761. The molecule has 0 radical (unpaired) electrons. The van der Waals surface area contributed by atoms with E-state index in [9.17, 15) is 0 Å². The molecule has 2 heterocycles. The van der Waals surface area contributed by atoms with Crippen molar-refractivity contribution in [3.8, 4) is 6.07 Å². The summed E-state index contributed by atoms with van der Waals surface area (Å²) in [5.41, 5.74) is 0. The summed E-state index contributed by atoms with van der Waals surface area (Å²) in [6.07, 6.45) is 0.660. The van der Waals surface area contributed by atoms with Crippen molar-refractivity contribution < 1.29 is 4.74 Å². The maximum Gasteiger partial charge on any atom is 0.161 e. The highest BCUT2D eigenvalue weighted by Gasteiger charge is 2.22. The first-order valence-electron chi connectivity index (χ1n) is 7.53. The van der Waals surface area contributed by atoms with Gasteiger partial charge in [-0.2, -0.15) is 5.26 Å². The summed E-state index contributed by atoms with van der Waals surface area (Å²) in [4.78, 5) is 11.3. The Morgan fingerprint density at radius 3 is 3.00 bits per heavy atom. The van der Waals surface area contributed by atoms with Gasteiger partial charge in [-0.05, 0) is 6.42 Å². The molecule has 0 bridgehead atoms. The van der Waals surface area contributed by atoms with Crippen LogP contribution in [0.4, 0.5) is 11.6 Å². The molecule has 114 valence electrons. The minimum Gasteiger partial charge on any atom is -0.370 e. The van der Waals surface area contributed by atoms with Gasteiger partial charge in [0.15, 0.2) is 6.10 Å². The van der Waals surface area contributed by atoms with E-state index in [1.807, 2.05) is 6.07 Å². The van der Waals surface area contributed by atoms with Gasteiger partial charge in [-0.15, -0.1) is 0 Å². The summed E-state index contributed by atoms with van der Waals surface area (Å²) in [5, 5.41) is 12.3. The quantitative estimate of drug-likeness (QED) is 0.895. The molecule has 0 aliphatic carbocycles. The average molecular weight is 289 g/mol. The van der Waals surface area contributed by atoms with Gasteiger partial charge in [0, 0.05) is 25.1 Å².